The van der Waals surface area contributed by atoms with E-state index < -0.39 is 6.09 Å². The Hall–Kier alpha value is -2.75. The Morgan fingerprint density at radius 1 is 1.13 bits per heavy atom. The van der Waals surface area contributed by atoms with Gasteiger partial charge in [-0.1, -0.05) is 48.5 Å². The minimum absolute atomic E-state index is 0.0707. The maximum absolute atomic E-state index is 11.5. The number of para-hydroxylation sites is 1. The average molecular weight is 308 g/mol. The largest absolute Gasteiger partial charge is 0.453 e. The maximum atomic E-state index is 11.5. The highest BCUT2D eigenvalue weighted by Gasteiger charge is 2.19. The summed E-state index contributed by atoms with van der Waals surface area (Å²) < 4.78 is 6.83. The van der Waals surface area contributed by atoms with Gasteiger partial charge in [-0.2, -0.15) is 0 Å². The molecule has 0 saturated heterocycles. The molecule has 1 aromatic heterocycles. The minimum Gasteiger partial charge on any atom is -0.453 e. The van der Waals surface area contributed by atoms with E-state index in [0.717, 1.165) is 0 Å². The van der Waals surface area contributed by atoms with Crippen molar-refractivity contribution in [1.82, 2.24) is 9.88 Å². The lowest BCUT2D eigenvalue weighted by Crippen LogP contribution is -2.28. The van der Waals surface area contributed by atoms with Gasteiger partial charge in [-0.05, 0) is 17.2 Å². The van der Waals surface area contributed by atoms with Gasteiger partial charge in [-0.25, -0.2) is 4.79 Å². The highest BCUT2D eigenvalue weighted by atomic mass is 16.5. The number of nitrogens with one attached hydrogen (secondary N) is 1. The van der Waals surface area contributed by atoms with E-state index >= 15 is 0 Å². The first-order valence-corrected chi connectivity index (χ1v) is 7.61. The standard InChI is InChI=1S/C19H20N2O2/c1-21-13-17(15-10-6-7-11-18(15)21)16(12-20-19(22)23-2)14-8-4-3-5-9-14/h3-11,13,16H,12H2,1-2H3,(H,20,22)/t16-/m0/s1. The zero-order valence-corrected chi connectivity index (χ0v) is 13.3. The predicted octanol–water partition coefficient (Wildman–Crippen LogP) is 3.67. The lowest BCUT2D eigenvalue weighted by molar-refractivity contribution is 0.170. The molecule has 0 aliphatic rings. The number of amides is 1. The van der Waals surface area contributed by atoms with Crippen molar-refractivity contribution in [2.75, 3.05) is 13.7 Å². The van der Waals surface area contributed by atoms with Crippen molar-refractivity contribution < 1.29 is 9.53 Å². The summed E-state index contributed by atoms with van der Waals surface area (Å²) in [6, 6.07) is 18.5. The fraction of sp³-hybridized carbons (Fsp3) is 0.211. The highest BCUT2D eigenvalue weighted by Crippen LogP contribution is 2.31. The summed E-state index contributed by atoms with van der Waals surface area (Å²) in [4.78, 5) is 11.5. The number of ether oxygens (including phenoxy) is 1. The molecule has 0 radical (unpaired) electrons. The van der Waals surface area contributed by atoms with Crippen LogP contribution in [0.5, 0.6) is 0 Å². The van der Waals surface area contributed by atoms with Gasteiger partial charge in [0.05, 0.1) is 7.11 Å². The highest BCUT2D eigenvalue weighted by molar-refractivity contribution is 5.85. The topological polar surface area (TPSA) is 43.3 Å². The molecule has 0 saturated carbocycles. The van der Waals surface area contributed by atoms with Crippen LogP contribution in [0.1, 0.15) is 17.0 Å². The van der Waals surface area contributed by atoms with Gasteiger partial charge in [0.15, 0.2) is 0 Å². The van der Waals surface area contributed by atoms with Crippen LogP contribution in [0.4, 0.5) is 4.79 Å². The minimum atomic E-state index is -0.411. The monoisotopic (exact) mass is 308 g/mol. The van der Waals surface area contributed by atoms with Gasteiger partial charge in [0.1, 0.15) is 0 Å². The molecule has 0 aliphatic heterocycles. The average Bonchev–Trinajstić information content (AvgIpc) is 2.93. The molecule has 1 N–H and O–H groups in total. The number of fused-ring (bicyclic) bond motifs is 1. The van der Waals surface area contributed by atoms with E-state index in [2.05, 4.69) is 40.3 Å². The maximum Gasteiger partial charge on any atom is 0.406 e. The summed E-state index contributed by atoms with van der Waals surface area (Å²) >= 11 is 0. The number of carbonyl (C=O) groups excluding carboxylic acids is 1. The van der Waals surface area contributed by atoms with Crippen molar-refractivity contribution in [2.45, 2.75) is 5.92 Å². The van der Waals surface area contributed by atoms with E-state index in [1.54, 1.807) is 0 Å². The molecule has 1 amide bonds. The number of nitrogens with zero attached hydrogens (tertiary/aromatic N) is 1. The van der Waals surface area contributed by atoms with E-state index in [1.165, 1.54) is 29.1 Å². The number of alkyl carbamates (subject to hydrolysis) is 1. The lowest BCUT2D eigenvalue weighted by Gasteiger charge is -2.17. The van der Waals surface area contributed by atoms with E-state index in [4.69, 9.17) is 4.74 Å². The van der Waals surface area contributed by atoms with Crippen molar-refractivity contribution in [1.29, 1.82) is 0 Å². The van der Waals surface area contributed by atoms with Gasteiger partial charge in [0, 0.05) is 36.6 Å². The number of aryl methyl sites for hydroxylation is 1. The zero-order valence-electron chi connectivity index (χ0n) is 13.3. The van der Waals surface area contributed by atoms with Gasteiger partial charge in [0.25, 0.3) is 0 Å². The zero-order chi connectivity index (χ0) is 16.2. The molecule has 0 aliphatic carbocycles. The number of benzene rings is 2. The summed E-state index contributed by atoms with van der Waals surface area (Å²) in [6.45, 7) is 0.491. The molecule has 1 heterocycles. The Labute approximate surface area is 135 Å². The molecule has 1 atom stereocenters. The van der Waals surface area contributed by atoms with Crippen LogP contribution in [0.3, 0.4) is 0 Å². The molecule has 3 rings (SSSR count). The summed E-state index contributed by atoms with van der Waals surface area (Å²) in [5.74, 6) is 0.0707. The molecule has 0 unspecified atom stereocenters. The second-order valence-electron chi connectivity index (χ2n) is 5.55. The Balaban J connectivity index is 2.05. The third-order valence-electron chi connectivity index (χ3n) is 4.14. The molecule has 2 aromatic carbocycles. The Bertz CT molecular complexity index is 809. The van der Waals surface area contributed by atoms with Crippen LogP contribution in [-0.4, -0.2) is 24.3 Å². The second kappa shape index (κ2) is 6.57. The molecule has 0 bridgehead atoms. The van der Waals surface area contributed by atoms with Gasteiger partial charge in [0.2, 0.25) is 0 Å². The third kappa shape index (κ3) is 3.06. The quantitative estimate of drug-likeness (QED) is 0.799. The first-order chi connectivity index (χ1) is 11.2. The molecule has 4 heteroatoms. The number of hydrogen-bond donors (Lipinski definition) is 1. The number of hydrogen-bond acceptors (Lipinski definition) is 2. The molecule has 23 heavy (non-hydrogen) atoms. The van der Waals surface area contributed by atoms with Crippen LogP contribution in [0.15, 0.2) is 60.8 Å². The van der Waals surface area contributed by atoms with E-state index in [0.29, 0.717) is 6.54 Å². The van der Waals surface area contributed by atoms with Crippen LogP contribution in [0.25, 0.3) is 10.9 Å². The van der Waals surface area contributed by atoms with Crippen molar-refractivity contribution >= 4 is 17.0 Å². The number of methoxy groups -OCH3 is 1. The molecular formula is C19H20N2O2. The van der Waals surface area contributed by atoms with Crippen molar-refractivity contribution in [2.24, 2.45) is 7.05 Å². The molecular weight excluding hydrogens is 288 g/mol. The Morgan fingerprint density at radius 3 is 2.57 bits per heavy atom. The van der Waals surface area contributed by atoms with Crippen LogP contribution >= 0.6 is 0 Å². The van der Waals surface area contributed by atoms with Crippen LogP contribution in [-0.2, 0) is 11.8 Å². The van der Waals surface area contributed by atoms with Crippen molar-refractivity contribution in [3.05, 3.63) is 71.9 Å². The molecule has 3 aromatic rings. The number of aromatic nitrogens is 1. The van der Waals surface area contributed by atoms with E-state index in [1.807, 2.05) is 37.4 Å². The molecule has 118 valence electrons. The summed E-state index contributed by atoms with van der Waals surface area (Å²) in [5, 5.41) is 4.04. The Kier molecular flexibility index (Phi) is 4.33. The third-order valence-corrected chi connectivity index (χ3v) is 4.14. The van der Waals surface area contributed by atoms with Crippen molar-refractivity contribution in [3.8, 4) is 0 Å². The fourth-order valence-corrected chi connectivity index (χ4v) is 3.00. The van der Waals surface area contributed by atoms with Crippen LogP contribution in [0.2, 0.25) is 0 Å². The molecule has 0 spiro atoms. The van der Waals surface area contributed by atoms with Crippen molar-refractivity contribution in [3.63, 3.8) is 0 Å². The number of rotatable bonds is 4. The predicted molar refractivity (Wildman–Crippen MR) is 91.6 cm³/mol. The van der Waals surface area contributed by atoms with Gasteiger partial charge in [-0.3, -0.25) is 0 Å². The van der Waals surface area contributed by atoms with Gasteiger partial charge < -0.3 is 14.6 Å². The van der Waals surface area contributed by atoms with Gasteiger partial charge in [-0.15, -0.1) is 0 Å². The summed E-state index contributed by atoms with van der Waals surface area (Å²) in [5.41, 5.74) is 3.55. The van der Waals surface area contributed by atoms with Gasteiger partial charge >= 0.3 is 6.09 Å². The second-order valence-corrected chi connectivity index (χ2v) is 5.55. The molecule has 4 nitrogen and oxygen atoms in total. The summed E-state index contributed by atoms with van der Waals surface area (Å²) in [6.07, 6.45) is 1.73. The normalized spacial score (nSPS) is 12.1. The first kappa shape index (κ1) is 15.2. The lowest BCUT2D eigenvalue weighted by atomic mass is 9.91. The van der Waals surface area contributed by atoms with Crippen LogP contribution in [0, 0.1) is 0 Å². The molecule has 0 fully saturated rings. The van der Waals surface area contributed by atoms with Crippen LogP contribution < -0.4 is 5.32 Å². The first-order valence-electron chi connectivity index (χ1n) is 7.61. The summed E-state index contributed by atoms with van der Waals surface area (Å²) in [7, 11) is 3.42. The Morgan fingerprint density at radius 2 is 1.83 bits per heavy atom. The fourth-order valence-electron chi connectivity index (χ4n) is 3.00. The number of carbonyl (C=O) groups is 1. The smallest absolute Gasteiger partial charge is 0.406 e. The SMILES string of the molecule is COC(=O)NC[C@@H](c1ccccc1)c1cn(C)c2ccccc12. The van der Waals surface area contributed by atoms with E-state index in [-0.39, 0.29) is 5.92 Å². The van der Waals surface area contributed by atoms with E-state index in [9.17, 15) is 4.79 Å².